The zero-order valence-electron chi connectivity index (χ0n) is 18.4. The number of thiazole rings is 1. The summed E-state index contributed by atoms with van der Waals surface area (Å²) in [6.07, 6.45) is 2.28. The highest BCUT2D eigenvalue weighted by molar-refractivity contribution is 7.13. The van der Waals surface area contributed by atoms with Crippen molar-refractivity contribution in [2.75, 3.05) is 25.0 Å². The molecule has 2 aromatic carbocycles. The van der Waals surface area contributed by atoms with Crippen LogP contribution in [0.3, 0.4) is 0 Å². The molecule has 0 saturated carbocycles. The summed E-state index contributed by atoms with van der Waals surface area (Å²) in [5.41, 5.74) is 3.83. The van der Waals surface area contributed by atoms with Crippen molar-refractivity contribution in [3.63, 3.8) is 0 Å². The molecule has 7 heteroatoms. The van der Waals surface area contributed by atoms with Crippen LogP contribution in [0.1, 0.15) is 41.4 Å². The van der Waals surface area contributed by atoms with Crippen LogP contribution in [0.4, 0.5) is 5.69 Å². The van der Waals surface area contributed by atoms with Crippen molar-refractivity contribution in [2.24, 2.45) is 0 Å². The number of amides is 2. The summed E-state index contributed by atoms with van der Waals surface area (Å²) in [5.74, 6) is 0.714. The quantitative estimate of drug-likeness (QED) is 0.555. The van der Waals surface area contributed by atoms with Gasteiger partial charge in [-0.15, -0.1) is 11.3 Å². The molecule has 1 N–H and O–H groups in total. The Balaban J connectivity index is 1.41. The lowest BCUT2D eigenvalue weighted by molar-refractivity contribution is -0.115. The minimum absolute atomic E-state index is 0.0376. The molecule has 3 aromatic rings. The van der Waals surface area contributed by atoms with Gasteiger partial charge in [-0.25, -0.2) is 4.98 Å². The van der Waals surface area contributed by atoms with Crippen molar-refractivity contribution in [2.45, 2.75) is 33.1 Å². The average molecular weight is 450 g/mol. The molecule has 0 bridgehead atoms. The van der Waals surface area contributed by atoms with Crippen molar-refractivity contribution < 1.29 is 14.3 Å². The molecule has 32 heavy (non-hydrogen) atoms. The number of nitrogens with zero attached hydrogens (tertiary/aromatic N) is 2. The summed E-state index contributed by atoms with van der Waals surface area (Å²) >= 11 is 1.51. The Morgan fingerprint density at radius 1 is 1.12 bits per heavy atom. The van der Waals surface area contributed by atoms with Crippen LogP contribution in [0.5, 0.6) is 5.75 Å². The fourth-order valence-electron chi connectivity index (χ4n) is 3.83. The summed E-state index contributed by atoms with van der Waals surface area (Å²) in [6.45, 7) is 6.07. The second kappa shape index (κ2) is 9.96. The van der Waals surface area contributed by atoms with E-state index in [9.17, 15) is 9.59 Å². The molecule has 0 spiro atoms. The predicted octanol–water partition coefficient (Wildman–Crippen LogP) is 4.93. The zero-order chi connectivity index (χ0) is 22.5. The van der Waals surface area contributed by atoms with E-state index in [-0.39, 0.29) is 18.2 Å². The van der Waals surface area contributed by atoms with E-state index in [0.717, 1.165) is 53.5 Å². The van der Waals surface area contributed by atoms with Gasteiger partial charge in [-0.1, -0.05) is 6.07 Å². The molecule has 6 nitrogen and oxygen atoms in total. The lowest BCUT2D eigenvalue weighted by Crippen LogP contribution is -2.28. The number of benzene rings is 2. The fraction of sp³-hybridized carbons (Fsp3) is 0.320. The molecule has 1 saturated heterocycles. The maximum Gasteiger partial charge on any atom is 0.254 e. The molecular formula is C25H27N3O3S. The molecule has 166 valence electrons. The van der Waals surface area contributed by atoms with Crippen molar-refractivity contribution >= 4 is 28.8 Å². The number of likely N-dealkylation sites (tertiary alicyclic amines) is 1. The van der Waals surface area contributed by atoms with Gasteiger partial charge in [-0.05, 0) is 68.7 Å². The Bertz CT molecular complexity index is 1100. The Labute approximate surface area is 192 Å². The number of carbonyl (C=O) groups excluding carboxylic acids is 2. The van der Waals surface area contributed by atoms with E-state index < -0.39 is 0 Å². The van der Waals surface area contributed by atoms with E-state index in [4.69, 9.17) is 4.74 Å². The summed E-state index contributed by atoms with van der Waals surface area (Å²) in [5, 5.41) is 5.73. The Kier molecular flexibility index (Phi) is 6.85. The number of rotatable bonds is 7. The van der Waals surface area contributed by atoms with E-state index in [2.05, 4.69) is 10.3 Å². The monoisotopic (exact) mass is 449 g/mol. The number of ether oxygens (including phenoxy) is 1. The third-order valence-corrected chi connectivity index (χ3v) is 6.48. The van der Waals surface area contributed by atoms with Gasteiger partial charge in [0.1, 0.15) is 10.8 Å². The minimum Gasteiger partial charge on any atom is -0.494 e. The van der Waals surface area contributed by atoms with E-state index in [1.807, 2.05) is 66.6 Å². The van der Waals surface area contributed by atoms with Crippen molar-refractivity contribution in [1.29, 1.82) is 0 Å². The SMILES string of the molecule is CCOc1ccc(-c2nc(CC(=O)Nc3cccc(C(=O)N4CCCC4)c3C)cs2)cc1. The van der Waals surface area contributed by atoms with Gasteiger partial charge in [-0.2, -0.15) is 0 Å². The first kappa shape index (κ1) is 22.0. The molecule has 2 heterocycles. The molecular weight excluding hydrogens is 422 g/mol. The number of hydrogen-bond acceptors (Lipinski definition) is 5. The molecule has 0 unspecified atom stereocenters. The molecule has 1 fully saturated rings. The van der Waals surface area contributed by atoms with Gasteiger partial charge in [0.15, 0.2) is 0 Å². The maximum absolute atomic E-state index is 12.8. The van der Waals surface area contributed by atoms with E-state index >= 15 is 0 Å². The van der Waals surface area contributed by atoms with Crippen LogP contribution in [0.15, 0.2) is 47.8 Å². The number of carbonyl (C=O) groups is 2. The van der Waals surface area contributed by atoms with Crippen LogP contribution in [0, 0.1) is 6.92 Å². The van der Waals surface area contributed by atoms with Crippen LogP contribution in [0.25, 0.3) is 10.6 Å². The third kappa shape index (κ3) is 4.99. The Morgan fingerprint density at radius 3 is 2.59 bits per heavy atom. The summed E-state index contributed by atoms with van der Waals surface area (Å²) in [7, 11) is 0. The molecule has 0 radical (unpaired) electrons. The van der Waals surface area contributed by atoms with Crippen molar-refractivity contribution in [1.82, 2.24) is 9.88 Å². The molecule has 2 amide bonds. The highest BCUT2D eigenvalue weighted by atomic mass is 32.1. The first-order chi connectivity index (χ1) is 15.5. The normalized spacial score (nSPS) is 13.2. The second-order valence-corrected chi connectivity index (χ2v) is 8.66. The highest BCUT2D eigenvalue weighted by Crippen LogP contribution is 2.27. The average Bonchev–Trinajstić information content (AvgIpc) is 3.48. The van der Waals surface area contributed by atoms with Gasteiger partial charge < -0.3 is 15.0 Å². The van der Waals surface area contributed by atoms with Crippen LogP contribution in [0.2, 0.25) is 0 Å². The Hall–Kier alpha value is -3.19. The minimum atomic E-state index is -0.151. The van der Waals surface area contributed by atoms with Crippen molar-refractivity contribution in [3.05, 3.63) is 64.7 Å². The topological polar surface area (TPSA) is 71.5 Å². The van der Waals surface area contributed by atoms with Gasteiger partial charge in [-0.3, -0.25) is 9.59 Å². The first-order valence-electron chi connectivity index (χ1n) is 10.9. The molecule has 1 aromatic heterocycles. The van der Waals surface area contributed by atoms with E-state index in [0.29, 0.717) is 17.9 Å². The number of nitrogens with one attached hydrogen (secondary N) is 1. The van der Waals surface area contributed by atoms with Crippen LogP contribution in [-0.2, 0) is 11.2 Å². The summed E-state index contributed by atoms with van der Waals surface area (Å²) in [4.78, 5) is 32.0. The second-order valence-electron chi connectivity index (χ2n) is 7.80. The molecule has 4 rings (SSSR count). The van der Waals surface area contributed by atoms with Gasteiger partial charge in [0.2, 0.25) is 5.91 Å². The predicted molar refractivity (Wildman–Crippen MR) is 127 cm³/mol. The van der Waals surface area contributed by atoms with E-state index in [1.165, 1.54) is 11.3 Å². The highest BCUT2D eigenvalue weighted by Gasteiger charge is 2.22. The van der Waals surface area contributed by atoms with Crippen LogP contribution >= 0.6 is 11.3 Å². The fourth-order valence-corrected chi connectivity index (χ4v) is 4.66. The van der Waals surface area contributed by atoms with Gasteiger partial charge in [0, 0.05) is 35.3 Å². The molecule has 1 aliphatic heterocycles. The first-order valence-corrected chi connectivity index (χ1v) is 11.8. The van der Waals surface area contributed by atoms with Crippen LogP contribution < -0.4 is 10.1 Å². The van der Waals surface area contributed by atoms with Gasteiger partial charge in [0.25, 0.3) is 5.91 Å². The Morgan fingerprint density at radius 2 is 1.88 bits per heavy atom. The number of aromatic nitrogens is 1. The molecule has 0 aliphatic carbocycles. The standard InChI is InChI=1S/C25H27N3O3S/c1-3-31-20-11-9-18(10-12-20)24-26-19(16-32-24)15-23(29)27-22-8-6-7-21(17(22)2)25(30)28-13-4-5-14-28/h6-12,16H,3-5,13-15H2,1-2H3,(H,27,29). The maximum atomic E-state index is 12.8. The third-order valence-electron chi connectivity index (χ3n) is 5.54. The molecule has 1 aliphatic rings. The lowest BCUT2D eigenvalue weighted by atomic mass is 10.1. The van der Waals surface area contributed by atoms with Crippen LogP contribution in [-0.4, -0.2) is 41.4 Å². The summed E-state index contributed by atoms with van der Waals surface area (Å²) in [6, 6.07) is 13.3. The van der Waals surface area contributed by atoms with Gasteiger partial charge >= 0.3 is 0 Å². The van der Waals surface area contributed by atoms with Gasteiger partial charge in [0.05, 0.1) is 18.7 Å². The zero-order valence-corrected chi connectivity index (χ0v) is 19.2. The number of hydrogen-bond donors (Lipinski definition) is 1. The smallest absolute Gasteiger partial charge is 0.254 e. The number of anilines is 1. The summed E-state index contributed by atoms with van der Waals surface area (Å²) < 4.78 is 5.48. The largest absolute Gasteiger partial charge is 0.494 e. The van der Waals surface area contributed by atoms with E-state index in [1.54, 1.807) is 0 Å². The lowest BCUT2D eigenvalue weighted by Gasteiger charge is -2.18. The van der Waals surface area contributed by atoms with Crippen molar-refractivity contribution in [3.8, 4) is 16.3 Å². The molecule has 0 atom stereocenters.